The SMILES string of the molecule is CCc1ccc(C[NH+](C)CC(=O)Nc2cccc(S(=O)(=O)N(C)C)c2)cc1. The molecule has 0 bridgehead atoms. The summed E-state index contributed by atoms with van der Waals surface area (Å²) in [6.07, 6.45) is 1.01. The summed E-state index contributed by atoms with van der Waals surface area (Å²) < 4.78 is 25.6. The molecule has 0 heterocycles. The van der Waals surface area contributed by atoms with Gasteiger partial charge in [0.05, 0.1) is 11.9 Å². The van der Waals surface area contributed by atoms with E-state index in [4.69, 9.17) is 0 Å². The molecule has 1 amide bonds. The molecule has 0 radical (unpaired) electrons. The molecule has 1 atom stereocenters. The third kappa shape index (κ3) is 5.89. The Labute approximate surface area is 161 Å². The summed E-state index contributed by atoms with van der Waals surface area (Å²) in [6.45, 7) is 3.15. The quantitative estimate of drug-likeness (QED) is 0.710. The topological polar surface area (TPSA) is 70.9 Å². The third-order valence-electron chi connectivity index (χ3n) is 4.30. The molecule has 2 rings (SSSR count). The number of benzene rings is 2. The highest BCUT2D eigenvalue weighted by Crippen LogP contribution is 2.17. The highest BCUT2D eigenvalue weighted by molar-refractivity contribution is 7.89. The fourth-order valence-electron chi connectivity index (χ4n) is 2.73. The minimum atomic E-state index is -3.53. The molecule has 2 N–H and O–H groups in total. The number of quaternary nitrogens is 1. The van der Waals surface area contributed by atoms with Crippen molar-refractivity contribution in [2.24, 2.45) is 0 Å². The molecule has 146 valence electrons. The lowest BCUT2D eigenvalue weighted by molar-refractivity contribution is -0.885. The van der Waals surface area contributed by atoms with E-state index in [0.717, 1.165) is 22.2 Å². The summed E-state index contributed by atoms with van der Waals surface area (Å²) in [5, 5.41) is 2.79. The van der Waals surface area contributed by atoms with Crippen molar-refractivity contribution in [3.8, 4) is 0 Å². The van der Waals surface area contributed by atoms with Gasteiger partial charge in [-0.2, -0.15) is 0 Å². The molecule has 27 heavy (non-hydrogen) atoms. The van der Waals surface area contributed by atoms with Crippen LogP contribution in [0, 0.1) is 0 Å². The monoisotopic (exact) mass is 390 g/mol. The van der Waals surface area contributed by atoms with E-state index in [9.17, 15) is 13.2 Å². The molecule has 0 aromatic heterocycles. The lowest BCUT2D eigenvalue weighted by atomic mass is 10.1. The van der Waals surface area contributed by atoms with E-state index in [0.29, 0.717) is 12.2 Å². The van der Waals surface area contributed by atoms with Crippen molar-refractivity contribution in [1.82, 2.24) is 4.31 Å². The zero-order chi connectivity index (χ0) is 20.0. The first-order valence-corrected chi connectivity index (χ1v) is 10.4. The highest BCUT2D eigenvalue weighted by Gasteiger charge is 2.18. The van der Waals surface area contributed by atoms with Crippen LogP contribution in [0.3, 0.4) is 0 Å². The van der Waals surface area contributed by atoms with Gasteiger partial charge in [-0.1, -0.05) is 37.3 Å². The number of likely N-dealkylation sites (N-methyl/N-ethyl adjacent to an activating group) is 1. The smallest absolute Gasteiger partial charge is 0.279 e. The molecule has 6 nitrogen and oxygen atoms in total. The predicted molar refractivity (Wildman–Crippen MR) is 107 cm³/mol. The zero-order valence-corrected chi connectivity index (χ0v) is 17.1. The van der Waals surface area contributed by atoms with Crippen LogP contribution < -0.4 is 10.2 Å². The predicted octanol–water partition coefficient (Wildman–Crippen LogP) is 1.15. The Morgan fingerprint density at radius 2 is 1.70 bits per heavy atom. The van der Waals surface area contributed by atoms with Gasteiger partial charge in [-0.25, -0.2) is 12.7 Å². The van der Waals surface area contributed by atoms with Gasteiger partial charge in [0.2, 0.25) is 10.0 Å². The Morgan fingerprint density at radius 3 is 2.30 bits per heavy atom. The Kier molecular flexibility index (Phi) is 7.12. The number of hydrogen-bond donors (Lipinski definition) is 2. The van der Waals surface area contributed by atoms with Crippen molar-refractivity contribution >= 4 is 21.6 Å². The Balaban J connectivity index is 1.96. The fourth-order valence-corrected chi connectivity index (χ4v) is 3.68. The normalized spacial score (nSPS) is 12.8. The highest BCUT2D eigenvalue weighted by atomic mass is 32.2. The summed E-state index contributed by atoms with van der Waals surface area (Å²) in [7, 11) is 1.39. The molecule has 1 unspecified atom stereocenters. The van der Waals surface area contributed by atoms with Gasteiger partial charge in [-0.3, -0.25) is 4.79 Å². The van der Waals surface area contributed by atoms with Crippen LogP contribution in [-0.4, -0.2) is 46.3 Å². The second-order valence-electron chi connectivity index (χ2n) is 6.84. The van der Waals surface area contributed by atoms with Gasteiger partial charge in [-0.05, 0) is 30.2 Å². The van der Waals surface area contributed by atoms with Crippen molar-refractivity contribution in [2.45, 2.75) is 24.8 Å². The first-order chi connectivity index (χ1) is 12.7. The van der Waals surface area contributed by atoms with Gasteiger partial charge in [0, 0.05) is 25.3 Å². The number of anilines is 1. The number of nitrogens with one attached hydrogen (secondary N) is 2. The van der Waals surface area contributed by atoms with Crippen LogP contribution in [0.15, 0.2) is 53.4 Å². The molecular formula is C20H28N3O3S+. The number of amides is 1. The van der Waals surface area contributed by atoms with E-state index in [-0.39, 0.29) is 10.8 Å². The summed E-state index contributed by atoms with van der Waals surface area (Å²) in [5.74, 6) is -0.155. The fraction of sp³-hybridized carbons (Fsp3) is 0.350. The standard InChI is InChI=1S/C20H27N3O3S/c1-5-16-9-11-17(12-10-16)14-23(4)15-20(24)21-18-7-6-8-19(13-18)27(25,26)22(2)3/h6-13H,5,14-15H2,1-4H3,(H,21,24)/p+1. The van der Waals surface area contributed by atoms with E-state index in [1.54, 1.807) is 12.1 Å². The number of nitrogens with zero attached hydrogens (tertiary/aromatic N) is 1. The summed E-state index contributed by atoms with van der Waals surface area (Å²) in [6, 6.07) is 14.7. The number of aryl methyl sites for hydroxylation is 1. The zero-order valence-electron chi connectivity index (χ0n) is 16.3. The average Bonchev–Trinajstić information content (AvgIpc) is 2.62. The van der Waals surface area contributed by atoms with E-state index in [1.165, 1.54) is 37.4 Å². The van der Waals surface area contributed by atoms with Crippen LogP contribution in [0.4, 0.5) is 5.69 Å². The molecule has 0 spiro atoms. The molecule has 2 aromatic rings. The Morgan fingerprint density at radius 1 is 1.07 bits per heavy atom. The summed E-state index contributed by atoms with van der Waals surface area (Å²) in [5.41, 5.74) is 2.95. The molecule has 0 saturated heterocycles. The molecule has 0 aliphatic carbocycles. The van der Waals surface area contributed by atoms with Gasteiger partial charge in [0.25, 0.3) is 5.91 Å². The largest absolute Gasteiger partial charge is 0.326 e. The van der Waals surface area contributed by atoms with E-state index in [2.05, 4.69) is 36.5 Å². The van der Waals surface area contributed by atoms with Gasteiger partial charge in [0.15, 0.2) is 6.54 Å². The van der Waals surface area contributed by atoms with E-state index in [1.807, 2.05) is 7.05 Å². The second kappa shape index (κ2) is 9.12. The van der Waals surface area contributed by atoms with Crippen LogP contribution in [0.25, 0.3) is 0 Å². The molecule has 2 aromatic carbocycles. The first kappa shape index (κ1) is 21.1. The number of hydrogen-bond acceptors (Lipinski definition) is 3. The maximum atomic E-state index is 12.3. The Bertz CT molecular complexity index is 878. The van der Waals surface area contributed by atoms with Crippen LogP contribution >= 0.6 is 0 Å². The van der Waals surface area contributed by atoms with Crippen LogP contribution in [0.2, 0.25) is 0 Å². The molecule has 0 aliphatic rings. The van der Waals surface area contributed by atoms with Crippen molar-refractivity contribution in [1.29, 1.82) is 0 Å². The number of rotatable bonds is 8. The number of sulfonamides is 1. The Hall–Kier alpha value is -2.22. The first-order valence-electron chi connectivity index (χ1n) is 8.94. The average molecular weight is 391 g/mol. The molecular weight excluding hydrogens is 362 g/mol. The summed E-state index contributed by atoms with van der Waals surface area (Å²) in [4.78, 5) is 13.5. The van der Waals surface area contributed by atoms with Crippen LogP contribution in [0.1, 0.15) is 18.1 Å². The third-order valence-corrected chi connectivity index (χ3v) is 6.11. The minimum absolute atomic E-state index is 0.155. The molecule has 0 saturated carbocycles. The van der Waals surface area contributed by atoms with Crippen molar-refractivity contribution in [2.75, 3.05) is 33.0 Å². The molecule has 7 heteroatoms. The maximum Gasteiger partial charge on any atom is 0.279 e. The van der Waals surface area contributed by atoms with Crippen LogP contribution in [0.5, 0.6) is 0 Å². The summed E-state index contributed by atoms with van der Waals surface area (Å²) >= 11 is 0. The molecule has 0 aliphatic heterocycles. The lowest BCUT2D eigenvalue weighted by Gasteiger charge is -2.15. The van der Waals surface area contributed by atoms with E-state index < -0.39 is 10.0 Å². The van der Waals surface area contributed by atoms with Gasteiger partial charge in [0.1, 0.15) is 6.54 Å². The van der Waals surface area contributed by atoms with E-state index >= 15 is 0 Å². The number of carbonyl (C=O) groups excluding carboxylic acids is 1. The van der Waals surface area contributed by atoms with Gasteiger partial charge >= 0.3 is 0 Å². The maximum absolute atomic E-state index is 12.3. The van der Waals surface area contributed by atoms with Crippen molar-refractivity contribution in [3.05, 3.63) is 59.7 Å². The van der Waals surface area contributed by atoms with Crippen molar-refractivity contribution < 1.29 is 18.1 Å². The minimum Gasteiger partial charge on any atom is -0.326 e. The second-order valence-corrected chi connectivity index (χ2v) is 9.00. The van der Waals surface area contributed by atoms with Crippen molar-refractivity contribution in [3.63, 3.8) is 0 Å². The number of carbonyl (C=O) groups is 1. The van der Waals surface area contributed by atoms with Gasteiger partial charge in [-0.15, -0.1) is 0 Å². The molecule has 0 fully saturated rings. The van der Waals surface area contributed by atoms with Gasteiger partial charge < -0.3 is 10.2 Å². The van der Waals surface area contributed by atoms with Crippen LogP contribution in [-0.2, 0) is 27.8 Å². The lowest BCUT2D eigenvalue weighted by Crippen LogP contribution is -3.08.